The standard InChI is InChI=1S/C29H39N5O15/c30-16(5-9-21(36)37)25(44)31-17(6-10-22(38)39)26(45)32-18(7-11-23(40)41)27(46)33-19(8-12-24(42)43)28(47)34-20(29(48)49)13-14-1-3-15(35)4-2-14/h1-4,16-20,35H,5-13,30H2,(H,31,44)(H,32,45)(H,33,46)(H,34,47)(H,36,37)(H,38,39)(H,40,41)(H,42,43)(H,48,49)/t16-,17-,18-,19-,20-/m0/s1. The van der Waals surface area contributed by atoms with E-state index in [1.54, 1.807) is 0 Å². The molecule has 49 heavy (non-hydrogen) atoms. The Labute approximate surface area is 278 Å². The van der Waals surface area contributed by atoms with Gasteiger partial charge in [0, 0.05) is 32.1 Å². The molecule has 1 aromatic rings. The molecule has 5 atom stereocenters. The van der Waals surface area contributed by atoms with E-state index in [1.165, 1.54) is 24.3 Å². The molecule has 0 fully saturated rings. The Hall–Kier alpha value is -5.79. The number of phenols is 1. The minimum Gasteiger partial charge on any atom is -0.508 e. The molecule has 270 valence electrons. The third kappa shape index (κ3) is 16.6. The van der Waals surface area contributed by atoms with E-state index in [4.69, 9.17) is 21.1 Å². The van der Waals surface area contributed by atoms with Crippen LogP contribution in [0.4, 0.5) is 0 Å². The number of phenolic OH excluding ortho intramolecular Hbond substituents is 1. The molecule has 20 nitrogen and oxygen atoms in total. The molecule has 0 heterocycles. The SMILES string of the molecule is N[C@@H](CCC(=O)O)C(=O)N[C@@H](CCC(=O)O)C(=O)N[C@@H](CCC(=O)O)C(=O)N[C@@H](CCC(=O)O)C(=O)N[C@@H](Cc1ccc(O)cc1)C(=O)O. The Morgan fingerprint density at radius 3 is 1.18 bits per heavy atom. The van der Waals surface area contributed by atoms with Crippen LogP contribution < -0.4 is 27.0 Å². The largest absolute Gasteiger partial charge is 0.508 e. The zero-order chi connectivity index (χ0) is 37.3. The molecule has 20 heteroatoms. The number of rotatable bonds is 23. The van der Waals surface area contributed by atoms with Gasteiger partial charge in [-0.3, -0.25) is 38.4 Å². The maximum atomic E-state index is 13.3. The number of carboxylic acid groups (broad SMARTS) is 5. The van der Waals surface area contributed by atoms with Crippen LogP contribution in [0.3, 0.4) is 0 Å². The monoisotopic (exact) mass is 697 g/mol. The Morgan fingerprint density at radius 1 is 0.510 bits per heavy atom. The molecule has 12 N–H and O–H groups in total. The molecule has 0 spiro atoms. The number of carbonyl (C=O) groups is 9. The van der Waals surface area contributed by atoms with Crippen LogP contribution in [0.1, 0.15) is 56.9 Å². The van der Waals surface area contributed by atoms with Crippen LogP contribution in [-0.4, -0.2) is 114 Å². The normalized spacial score (nSPS) is 13.7. The molecule has 0 aromatic heterocycles. The van der Waals surface area contributed by atoms with E-state index < -0.39 is 129 Å². The van der Waals surface area contributed by atoms with Crippen molar-refractivity contribution in [1.29, 1.82) is 0 Å². The lowest BCUT2D eigenvalue weighted by Gasteiger charge is -2.26. The van der Waals surface area contributed by atoms with Crippen molar-refractivity contribution in [2.45, 2.75) is 88.0 Å². The van der Waals surface area contributed by atoms with E-state index >= 15 is 0 Å². The van der Waals surface area contributed by atoms with Gasteiger partial charge in [0.2, 0.25) is 23.6 Å². The molecule has 0 saturated carbocycles. The van der Waals surface area contributed by atoms with Gasteiger partial charge in [0.15, 0.2) is 0 Å². The number of amides is 4. The van der Waals surface area contributed by atoms with Crippen molar-refractivity contribution in [3.63, 3.8) is 0 Å². The summed E-state index contributed by atoms with van der Waals surface area (Å²) in [5, 5.41) is 64.1. The fraction of sp³-hybridized carbons (Fsp3) is 0.483. The summed E-state index contributed by atoms with van der Waals surface area (Å²) in [5.41, 5.74) is 6.05. The molecule has 1 aromatic carbocycles. The molecule has 0 radical (unpaired) electrons. The lowest BCUT2D eigenvalue weighted by Crippen LogP contribution is -2.58. The molecule has 0 bridgehead atoms. The van der Waals surface area contributed by atoms with E-state index in [0.29, 0.717) is 5.56 Å². The predicted octanol–water partition coefficient (Wildman–Crippen LogP) is -2.25. The minimum atomic E-state index is -1.75. The number of nitrogens with two attached hydrogens (primary N) is 1. The van der Waals surface area contributed by atoms with Crippen LogP contribution >= 0.6 is 0 Å². The summed E-state index contributed by atoms with van der Waals surface area (Å²) >= 11 is 0. The lowest BCUT2D eigenvalue weighted by molar-refractivity contribution is -0.143. The van der Waals surface area contributed by atoms with E-state index in [9.17, 15) is 58.5 Å². The average Bonchev–Trinajstić information content (AvgIpc) is 3.01. The van der Waals surface area contributed by atoms with Crippen LogP contribution in [-0.2, 0) is 49.6 Å². The zero-order valence-electron chi connectivity index (χ0n) is 26.0. The Morgan fingerprint density at radius 2 is 0.837 bits per heavy atom. The highest BCUT2D eigenvalue weighted by Gasteiger charge is 2.32. The zero-order valence-corrected chi connectivity index (χ0v) is 26.0. The number of benzene rings is 1. The van der Waals surface area contributed by atoms with Crippen LogP contribution in [0, 0.1) is 0 Å². The van der Waals surface area contributed by atoms with E-state index in [-0.39, 0.29) is 18.6 Å². The first-order valence-electron chi connectivity index (χ1n) is 14.7. The maximum absolute atomic E-state index is 13.3. The highest BCUT2D eigenvalue weighted by atomic mass is 16.4. The number of carboxylic acids is 5. The third-order valence-electron chi connectivity index (χ3n) is 6.84. The van der Waals surface area contributed by atoms with Crippen LogP contribution in [0.2, 0.25) is 0 Å². The van der Waals surface area contributed by atoms with Crippen molar-refractivity contribution in [1.82, 2.24) is 21.3 Å². The second kappa shape index (κ2) is 20.4. The highest BCUT2D eigenvalue weighted by Crippen LogP contribution is 2.12. The van der Waals surface area contributed by atoms with Crippen molar-refractivity contribution in [3.05, 3.63) is 29.8 Å². The van der Waals surface area contributed by atoms with Gasteiger partial charge in [0.25, 0.3) is 0 Å². The second-order valence-electron chi connectivity index (χ2n) is 10.8. The summed E-state index contributed by atoms with van der Waals surface area (Å²) in [6.45, 7) is 0. The topological polar surface area (TPSA) is 349 Å². The summed E-state index contributed by atoms with van der Waals surface area (Å²) in [6, 6.07) is -2.75. The first-order chi connectivity index (χ1) is 22.9. The fourth-order valence-corrected chi connectivity index (χ4v) is 4.18. The predicted molar refractivity (Wildman–Crippen MR) is 163 cm³/mol. The van der Waals surface area contributed by atoms with E-state index in [2.05, 4.69) is 21.3 Å². The van der Waals surface area contributed by atoms with Crippen LogP contribution in [0.5, 0.6) is 5.75 Å². The van der Waals surface area contributed by atoms with Gasteiger partial charge >= 0.3 is 29.8 Å². The maximum Gasteiger partial charge on any atom is 0.326 e. The van der Waals surface area contributed by atoms with Gasteiger partial charge in [0.1, 0.15) is 29.9 Å². The smallest absolute Gasteiger partial charge is 0.326 e. The third-order valence-corrected chi connectivity index (χ3v) is 6.84. The highest BCUT2D eigenvalue weighted by molar-refractivity contribution is 5.96. The molecule has 0 aliphatic carbocycles. The van der Waals surface area contributed by atoms with Crippen LogP contribution in [0.25, 0.3) is 0 Å². The van der Waals surface area contributed by atoms with Crippen LogP contribution in [0.15, 0.2) is 24.3 Å². The van der Waals surface area contributed by atoms with Crippen molar-refractivity contribution >= 4 is 53.5 Å². The summed E-state index contributed by atoms with van der Waals surface area (Å²) in [4.78, 5) is 109. The molecule has 0 unspecified atom stereocenters. The number of nitrogens with one attached hydrogen (secondary N) is 4. The van der Waals surface area contributed by atoms with Crippen molar-refractivity contribution in [2.75, 3.05) is 0 Å². The van der Waals surface area contributed by atoms with Crippen molar-refractivity contribution in [2.24, 2.45) is 5.73 Å². The average molecular weight is 698 g/mol. The Balaban J connectivity index is 3.23. The number of hydrogen-bond donors (Lipinski definition) is 11. The van der Waals surface area contributed by atoms with Gasteiger partial charge in [-0.25, -0.2) is 4.79 Å². The molecule has 0 aliphatic rings. The Bertz CT molecular complexity index is 1380. The number of aliphatic carboxylic acids is 5. The van der Waals surface area contributed by atoms with Gasteiger partial charge in [0.05, 0.1) is 6.04 Å². The molecular weight excluding hydrogens is 658 g/mol. The number of hydrogen-bond acceptors (Lipinski definition) is 11. The summed E-state index contributed by atoms with van der Waals surface area (Å²) < 4.78 is 0. The van der Waals surface area contributed by atoms with Gasteiger partial charge in [-0.2, -0.15) is 0 Å². The molecule has 1 rings (SSSR count). The van der Waals surface area contributed by atoms with E-state index in [1.807, 2.05) is 0 Å². The minimum absolute atomic E-state index is 0.101. The van der Waals surface area contributed by atoms with Crippen molar-refractivity contribution in [3.8, 4) is 5.75 Å². The summed E-state index contributed by atoms with van der Waals surface area (Å²) in [5.74, 6) is -11.6. The quantitative estimate of drug-likeness (QED) is 0.0575. The summed E-state index contributed by atoms with van der Waals surface area (Å²) in [7, 11) is 0. The van der Waals surface area contributed by atoms with Gasteiger partial charge in [-0.05, 0) is 43.4 Å². The number of aromatic hydroxyl groups is 1. The second-order valence-corrected chi connectivity index (χ2v) is 10.8. The first kappa shape index (κ1) is 41.2. The molecule has 0 saturated heterocycles. The van der Waals surface area contributed by atoms with Gasteiger partial charge in [-0.1, -0.05) is 12.1 Å². The van der Waals surface area contributed by atoms with Crippen molar-refractivity contribution < 1.29 is 73.8 Å². The Kier molecular flexibility index (Phi) is 17.2. The number of carbonyl (C=O) groups excluding carboxylic acids is 4. The fourth-order valence-electron chi connectivity index (χ4n) is 4.18. The van der Waals surface area contributed by atoms with Gasteiger partial charge in [-0.15, -0.1) is 0 Å². The van der Waals surface area contributed by atoms with Gasteiger partial charge < -0.3 is 57.6 Å². The molecular formula is C29H39N5O15. The molecule has 0 aliphatic heterocycles. The molecule has 4 amide bonds. The summed E-state index contributed by atoms with van der Waals surface area (Å²) in [6.07, 6.45) is -4.89. The van der Waals surface area contributed by atoms with E-state index in [0.717, 1.165) is 0 Å². The first-order valence-corrected chi connectivity index (χ1v) is 14.7. The lowest BCUT2D eigenvalue weighted by atomic mass is 10.0.